The average Bonchev–Trinajstić information content (AvgIpc) is 2.03. The molecule has 0 aromatic rings. The van der Waals surface area contributed by atoms with E-state index >= 15 is 0 Å². The van der Waals surface area contributed by atoms with Gasteiger partial charge < -0.3 is 4.74 Å². The Morgan fingerprint density at radius 2 is 2.15 bits per heavy atom. The second-order valence-corrected chi connectivity index (χ2v) is 3.95. The number of ether oxygens (including phenoxy) is 1. The van der Waals surface area contributed by atoms with Crippen molar-refractivity contribution in [3.63, 3.8) is 0 Å². The highest BCUT2D eigenvalue weighted by molar-refractivity contribution is 7.73. The van der Waals surface area contributed by atoms with E-state index < -0.39 is 16.5 Å². The van der Waals surface area contributed by atoms with Crippen molar-refractivity contribution in [1.82, 2.24) is 10.6 Å². The maximum absolute atomic E-state index is 10.7. The molecule has 0 aromatic carbocycles. The van der Waals surface area contributed by atoms with Crippen LogP contribution in [-0.2, 0) is 15.0 Å². The van der Waals surface area contributed by atoms with Crippen molar-refractivity contribution in [2.45, 2.75) is 26.2 Å². The van der Waals surface area contributed by atoms with Crippen molar-refractivity contribution in [2.24, 2.45) is 0 Å². The highest BCUT2D eigenvalue weighted by Crippen LogP contribution is 1.98. The number of hydrogen-bond acceptors (Lipinski definition) is 4. The van der Waals surface area contributed by atoms with Crippen LogP contribution >= 0.6 is 0 Å². The van der Waals surface area contributed by atoms with Gasteiger partial charge in [0.15, 0.2) is 11.2 Å². The van der Waals surface area contributed by atoms with Crippen molar-refractivity contribution in [2.75, 3.05) is 13.1 Å². The minimum Gasteiger partial charge on any atom is -0.354 e. The molecule has 1 atom stereocenters. The fourth-order valence-electron chi connectivity index (χ4n) is 1.10. The summed E-state index contributed by atoms with van der Waals surface area (Å²) in [5.74, 6) is 0. The molecule has 76 valence electrons. The number of rotatable bonds is 2. The molecule has 1 rings (SSSR count). The van der Waals surface area contributed by atoms with Crippen LogP contribution in [0.1, 0.15) is 13.8 Å². The second-order valence-electron chi connectivity index (χ2n) is 3.04. The van der Waals surface area contributed by atoms with Gasteiger partial charge in [0.05, 0.1) is 6.10 Å². The first-order valence-corrected chi connectivity index (χ1v) is 5.27. The van der Waals surface area contributed by atoms with Crippen LogP contribution in [0.15, 0.2) is 0 Å². The lowest BCUT2D eigenvalue weighted by atomic mass is 10.4. The molecule has 1 saturated heterocycles. The van der Waals surface area contributed by atoms with Crippen LogP contribution in [0.3, 0.4) is 0 Å². The van der Waals surface area contributed by atoms with E-state index in [1.165, 1.54) is 0 Å². The molecule has 1 aliphatic heterocycles. The lowest BCUT2D eigenvalue weighted by Gasteiger charge is -2.26. The van der Waals surface area contributed by atoms with E-state index in [1.807, 2.05) is 13.8 Å². The zero-order valence-electron chi connectivity index (χ0n) is 7.70. The zero-order valence-corrected chi connectivity index (χ0v) is 8.52. The summed E-state index contributed by atoms with van der Waals surface area (Å²) in [4.78, 5) is 0.194. The van der Waals surface area contributed by atoms with E-state index in [0.717, 1.165) is 0 Å². The van der Waals surface area contributed by atoms with Crippen LogP contribution in [0, 0.1) is 0 Å². The van der Waals surface area contributed by atoms with Gasteiger partial charge in [0, 0.05) is 13.1 Å². The summed E-state index contributed by atoms with van der Waals surface area (Å²) in [6, 6.07) is 0. The van der Waals surface area contributed by atoms with Gasteiger partial charge in [0.2, 0.25) is 10.3 Å². The molecule has 0 spiro atoms. The molecule has 1 fully saturated rings. The molecule has 0 amide bonds. The quantitative estimate of drug-likeness (QED) is 0.564. The van der Waals surface area contributed by atoms with E-state index in [0.29, 0.717) is 13.1 Å². The standard InChI is InChI=1S/C7H14N2O3S/c1-5(2)12-6-7(13(10)11)9-4-3-8-6/h5-6,8-9H,3-4H2,1-2H3. The predicted octanol–water partition coefficient (Wildman–Crippen LogP) is -1.06. The molecule has 5 nitrogen and oxygen atoms in total. The van der Waals surface area contributed by atoms with Crippen LogP contribution < -0.4 is 10.6 Å². The Hall–Kier alpha value is -0.430. The predicted molar refractivity (Wildman–Crippen MR) is 49.9 cm³/mol. The van der Waals surface area contributed by atoms with Gasteiger partial charge in [-0.2, -0.15) is 8.42 Å². The van der Waals surface area contributed by atoms with E-state index in [-0.39, 0.29) is 11.1 Å². The average molecular weight is 206 g/mol. The molecule has 1 heterocycles. The molecule has 0 aliphatic carbocycles. The monoisotopic (exact) mass is 206 g/mol. The largest absolute Gasteiger partial charge is 0.354 e. The van der Waals surface area contributed by atoms with Crippen molar-refractivity contribution < 1.29 is 13.2 Å². The summed E-state index contributed by atoms with van der Waals surface area (Å²) in [7, 11) is -2.23. The summed E-state index contributed by atoms with van der Waals surface area (Å²) < 4.78 is 26.8. The Morgan fingerprint density at radius 1 is 1.46 bits per heavy atom. The van der Waals surface area contributed by atoms with Gasteiger partial charge in [-0.05, 0) is 13.8 Å². The van der Waals surface area contributed by atoms with Crippen LogP contribution in [0.25, 0.3) is 0 Å². The molecule has 0 bridgehead atoms. The fraction of sp³-hybridized carbons (Fsp3) is 0.857. The summed E-state index contributed by atoms with van der Waals surface area (Å²) in [6.07, 6.45) is -0.525. The molecule has 0 radical (unpaired) electrons. The van der Waals surface area contributed by atoms with Crippen molar-refractivity contribution in [1.29, 1.82) is 0 Å². The molecule has 6 heteroatoms. The third kappa shape index (κ3) is 3.07. The summed E-state index contributed by atoms with van der Waals surface area (Å²) in [6.45, 7) is 5.04. The third-order valence-corrected chi connectivity index (χ3v) is 2.30. The smallest absolute Gasteiger partial charge is 0.232 e. The Bertz CT molecular complexity index is 289. The third-order valence-electron chi connectivity index (χ3n) is 1.58. The van der Waals surface area contributed by atoms with Crippen molar-refractivity contribution >= 4 is 15.3 Å². The Balaban J connectivity index is 2.75. The first-order chi connectivity index (χ1) is 6.11. The van der Waals surface area contributed by atoms with Gasteiger partial charge in [-0.25, -0.2) is 0 Å². The van der Waals surface area contributed by atoms with E-state index in [1.54, 1.807) is 0 Å². The molecule has 1 unspecified atom stereocenters. The van der Waals surface area contributed by atoms with Gasteiger partial charge in [0.1, 0.15) is 0 Å². The zero-order chi connectivity index (χ0) is 9.84. The molecular formula is C7H14N2O3S. The van der Waals surface area contributed by atoms with Crippen molar-refractivity contribution in [3.05, 3.63) is 0 Å². The van der Waals surface area contributed by atoms with E-state index in [2.05, 4.69) is 10.6 Å². The molecular weight excluding hydrogens is 192 g/mol. The molecule has 1 aliphatic rings. The molecule has 2 N–H and O–H groups in total. The number of nitrogens with one attached hydrogen (secondary N) is 2. The second kappa shape index (κ2) is 4.71. The SMILES string of the molecule is CC(C)OC1NCCNC1=S(=O)=O. The maximum atomic E-state index is 10.7. The summed E-state index contributed by atoms with van der Waals surface area (Å²) in [5, 5.41) is 5.76. The summed E-state index contributed by atoms with van der Waals surface area (Å²) in [5.41, 5.74) is 0. The Morgan fingerprint density at radius 3 is 2.69 bits per heavy atom. The highest BCUT2D eigenvalue weighted by atomic mass is 32.2. The lowest BCUT2D eigenvalue weighted by Crippen LogP contribution is -2.55. The van der Waals surface area contributed by atoms with E-state index in [4.69, 9.17) is 4.74 Å². The fourth-order valence-corrected chi connectivity index (χ4v) is 1.64. The van der Waals surface area contributed by atoms with Gasteiger partial charge in [0.25, 0.3) is 0 Å². The first kappa shape index (κ1) is 10.6. The maximum Gasteiger partial charge on any atom is 0.232 e. The van der Waals surface area contributed by atoms with Crippen LogP contribution in [0.5, 0.6) is 0 Å². The Kier molecular flexibility index (Phi) is 3.86. The number of hydrogen-bond donors (Lipinski definition) is 2. The van der Waals surface area contributed by atoms with Crippen LogP contribution in [0.2, 0.25) is 0 Å². The minimum atomic E-state index is -2.23. The van der Waals surface area contributed by atoms with Gasteiger partial charge in [-0.15, -0.1) is 0 Å². The first-order valence-electron chi connectivity index (χ1n) is 4.20. The van der Waals surface area contributed by atoms with Crippen LogP contribution in [-0.4, -0.2) is 38.8 Å². The van der Waals surface area contributed by atoms with Crippen molar-refractivity contribution in [3.8, 4) is 0 Å². The normalized spacial score (nSPS) is 23.6. The summed E-state index contributed by atoms with van der Waals surface area (Å²) >= 11 is 0. The van der Waals surface area contributed by atoms with Crippen LogP contribution in [0.4, 0.5) is 0 Å². The van der Waals surface area contributed by atoms with Gasteiger partial charge >= 0.3 is 0 Å². The highest BCUT2D eigenvalue weighted by Gasteiger charge is 2.22. The molecule has 0 aromatic heterocycles. The molecule has 13 heavy (non-hydrogen) atoms. The minimum absolute atomic E-state index is 0.00375. The van der Waals surface area contributed by atoms with Gasteiger partial charge in [-0.3, -0.25) is 10.6 Å². The number of piperazine rings is 1. The van der Waals surface area contributed by atoms with Gasteiger partial charge in [-0.1, -0.05) is 0 Å². The van der Waals surface area contributed by atoms with E-state index in [9.17, 15) is 8.42 Å². The molecule has 0 saturated carbocycles. The lowest BCUT2D eigenvalue weighted by molar-refractivity contribution is 0.0244. The topological polar surface area (TPSA) is 67.4 Å². The Labute approximate surface area is 79.0 Å².